The summed E-state index contributed by atoms with van der Waals surface area (Å²) in [4.78, 5) is 0. The number of nitrogens with zero attached hydrogens (tertiary/aromatic N) is 2. The zero-order chi connectivity index (χ0) is 14.5. The topological polar surface area (TPSA) is 48.3 Å². The Hall–Kier alpha value is -2.01. The van der Waals surface area contributed by atoms with E-state index >= 15 is 0 Å². The molecule has 21 heavy (non-hydrogen) atoms. The van der Waals surface area contributed by atoms with E-state index in [2.05, 4.69) is 10.4 Å². The molecule has 112 valence electrons. The first kappa shape index (κ1) is 13.9. The second kappa shape index (κ2) is 6.63. The summed E-state index contributed by atoms with van der Waals surface area (Å²) in [7, 11) is 1.66. The Balaban J connectivity index is 1.67. The first-order chi connectivity index (χ1) is 10.3. The van der Waals surface area contributed by atoms with Gasteiger partial charge >= 0.3 is 0 Å². The third-order valence-electron chi connectivity index (χ3n) is 3.70. The Labute approximate surface area is 124 Å². The van der Waals surface area contributed by atoms with Crippen LogP contribution in [0, 0.1) is 0 Å². The summed E-state index contributed by atoms with van der Waals surface area (Å²) in [6.07, 6.45) is 7.47. The van der Waals surface area contributed by atoms with E-state index in [0.29, 0.717) is 0 Å². The third-order valence-corrected chi connectivity index (χ3v) is 3.70. The maximum Gasteiger partial charge on any atom is 0.158 e. The minimum atomic E-state index is 0.237. The van der Waals surface area contributed by atoms with Crippen molar-refractivity contribution in [2.75, 3.05) is 20.2 Å². The van der Waals surface area contributed by atoms with Crippen molar-refractivity contribution in [2.45, 2.75) is 25.4 Å². The van der Waals surface area contributed by atoms with Crippen molar-refractivity contribution in [2.24, 2.45) is 0 Å². The van der Waals surface area contributed by atoms with Crippen molar-refractivity contribution in [1.82, 2.24) is 15.1 Å². The summed E-state index contributed by atoms with van der Waals surface area (Å²) in [5.74, 6) is 1.66. The molecule has 0 aliphatic carbocycles. The minimum Gasteiger partial charge on any atom is -0.497 e. The van der Waals surface area contributed by atoms with Crippen LogP contribution in [0.2, 0.25) is 0 Å². The summed E-state index contributed by atoms with van der Waals surface area (Å²) in [5, 5.41) is 7.76. The summed E-state index contributed by atoms with van der Waals surface area (Å²) >= 11 is 0. The lowest BCUT2D eigenvalue weighted by Gasteiger charge is -2.15. The molecule has 1 unspecified atom stereocenters. The highest BCUT2D eigenvalue weighted by molar-refractivity contribution is 5.37. The first-order valence-corrected chi connectivity index (χ1v) is 7.41. The van der Waals surface area contributed by atoms with Crippen LogP contribution in [0.25, 0.3) is 5.69 Å². The minimum absolute atomic E-state index is 0.237. The number of aromatic nitrogens is 2. The van der Waals surface area contributed by atoms with E-state index in [1.165, 1.54) is 12.8 Å². The molecule has 1 aliphatic heterocycles. The summed E-state index contributed by atoms with van der Waals surface area (Å²) in [6, 6.07) is 7.80. The molecule has 5 heteroatoms. The lowest BCUT2D eigenvalue weighted by molar-refractivity contribution is 0.194. The average molecular weight is 287 g/mol. The molecule has 1 N–H and O–H groups in total. The van der Waals surface area contributed by atoms with Crippen molar-refractivity contribution in [3.05, 3.63) is 36.7 Å². The van der Waals surface area contributed by atoms with Crippen molar-refractivity contribution >= 4 is 0 Å². The smallest absolute Gasteiger partial charge is 0.158 e. The van der Waals surface area contributed by atoms with Crippen LogP contribution in [-0.2, 0) is 0 Å². The molecular formula is C16H21N3O2. The molecule has 0 saturated carbocycles. The normalized spacial score (nSPS) is 19.0. The van der Waals surface area contributed by atoms with Gasteiger partial charge in [-0.1, -0.05) is 0 Å². The van der Waals surface area contributed by atoms with Crippen LogP contribution in [0.1, 0.15) is 19.3 Å². The van der Waals surface area contributed by atoms with E-state index in [1.54, 1.807) is 13.3 Å². The lowest BCUT2D eigenvalue weighted by Crippen LogP contribution is -2.29. The SMILES string of the molecule is COc1ccc(-n2cc(OC3CCCCNC3)cn2)cc1. The largest absolute Gasteiger partial charge is 0.497 e. The standard InChI is InChI=1S/C16H21N3O2/c1-20-14-7-5-13(6-8-14)19-12-16(11-18-19)21-15-4-2-3-9-17-10-15/h5-8,11-12,15,17H,2-4,9-10H2,1H3. The van der Waals surface area contributed by atoms with E-state index in [9.17, 15) is 0 Å². The first-order valence-electron chi connectivity index (χ1n) is 7.41. The van der Waals surface area contributed by atoms with Crippen molar-refractivity contribution in [3.8, 4) is 17.2 Å². The van der Waals surface area contributed by atoms with Crippen LogP contribution < -0.4 is 14.8 Å². The number of nitrogens with one attached hydrogen (secondary N) is 1. The molecule has 1 aromatic carbocycles. The highest BCUT2D eigenvalue weighted by Crippen LogP contribution is 2.19. The molecule has 1 saturated heterocycles. The van der Waals surface area contributed by atoms with Gasteiger partial charge in [0.1, 0.15) is 11.9 Å². The fraction of sp³-hybridized carbons (Fsp3) is 0.438. The van der Waals surface area contributed by atoms with Crippen molar-refractivity contribution < 1.29 is 9.47 Å². The summed E-state index contributed by atoms with van der Waals surface area (Å²) in [5.41, 5.74) is 0.990. The summed E-state index contributed by atoms with van der Waals surface area (Å²) < 4.78 is 13.0. The molecule has 0 amide bonds. The zero-order valence-electron chi connectivity index (χ0n) is 12.3. The van der Waals surface area contributed by atoms with Gasteiger partial charge in [0, 0.05) is 6.54 Å². The number of rotatable bonds is 4. The molecular weight excluding hydrogens is 266 g/mol. The molecule has 3 rings (SSSR count). The number of hydrogen-bond donors (Lipinski definition) is 1. The fourth-order valence-corrected chi connectivity index (χ4v) is 2.52. The quantitative estimate of drug-likeness (QED) is 0.938. The summed E-state index contributed by atoms with van der Waals surface area (Å²) in [6.45, 7) is 2.00. The Morgan fingerprint density at radius 2 is 2.05 bits per heavy atom. The molecule has 1 atom stereocenters. The van der Waals surface area contributed by atoms with Crippen molar-refractivity contribution in [3.63, 3.8) is 0 Å². The molecule has 2 heterocycles. The van der Waals surface area contributed by atoms with Gasteiger partial charge in [-0.25, -0.2) is 4.68 Å². The average Bonchev–Trinajstić information content (AvgIpc) is 2.83. The predicted molar refractivity (Wildman–Crippen MR) is 81.3 cm³/mol. The second-order valence-electron chi connectivity index (χ2n) is 5.26. The number of benzene rings is 1. The maximum atomic E-state index is 6.01. The molecule has 5 nitrogen and oxygen atoms in total. The van der Waals surface area contributed by atoms with Gasteiger partial charge in [0.15, 0.2) is 5.75 Å². The Morgan fingerprint density at radius 3 is 2.86 bits per heavy atom. The molecule has 1 aromatic heterocycles. The van der Waals surface area contributed by atoms with E-state index in [1.807, 2.05) is 35.1 Å². The third kappa shape index (κ3) is 3.55. The van der Waals surface area contributed by atoms with Crippen molar-refractivity contribution in [1.29, 1.82) is 0 Å². The van der Waals surface area contributed by atoms with Gasteiger partial charge in [-0.3, -0.25) is 0 Å². The van der Waals surface area contributed by atoms with E-state index in [-0.39, 0.29) is 6.10 Å². The molecule has 1 aliphatic rings. The van der Waals surface area contributed by atoms with Crippen LogP contribution in [0.3, 0.4) is 0 Å². The molecule has 0 bridgehead atoms. The lowest BCUT2D eigenvalue weighted by atomic mass is 10.2. The molecule has 2 aromatic rings. The molecule has 1 fully saturated rings. The van der Waals surface area contributed by atoms with E-state index in [0.717, 1.165) is 36.7 Å². The Kier molecular flexibility index (Phi) is 4.40. The van der Waals surface area contributed by atoms with Gasteiger partial charge in [-0.15, -0.1) is 0 Å². The second-order valence-corrected chi connectivity index (χ2v) is 5.26. The van der Waals surface area contributed by atoms with Crippen LogP contribution in [0.4, 0.5) is 0 Å². The fourth-order valence-electron chi connectivity index (χ4n) is 2.52. The highest BCUT2D eigenvalue weighted by atomic mass is 16.5. The van der Waals surface area contributed by atoms with Crippen LogP contribution in [0.15, 0.2) is 36.7 Å². The molecule has 0 spiro atoms. The zero-order valence-corrected chi connectivity index (χ0v) is 12.3. The number of hydrogen-bond acceptors (Lipinski definition) is 4. The van der Waals surface area contributed by atoms with Gasteiger partial charge in [0.05, 0.1) is 25.2 Å². The predicted octanol–water partition coefficient (Wildman–Crippen LogP) is 2.40. The van der Waals surface area contributed by atoms with Crippen LogP contribution in [-0.4, -0.2) is 36.1 Å². The Morgan fingerprint density at radius 1 is 1.19 bits per heavy atom. The molecule has 0 radical (unpaired) electrons. The van der Waals surface area contributed by atoms with E-state index < -0.39 is 0 Å². The maximum absolute atomic E-state index is 6.01. The monoisotopic (exact) mass is 287 g/mol. The van der Waals surface area contributed by atoms with Crippen LogP contribution >= 0.6 is 0 Å². The van der Waals surface area contributed by atoms with Gasteiger partial charge in [-0.2, -0.15) is 5.10 Å². The van der Waals surface area contributed by atoms with E-state index in [4.69, 9.17) is 9.47 Å². The highest BCUT2D eigenvalue weighted by Gasteiger charge is 2.14. The Bertz CT molecular complexity index is 557. The van der Waals surface area contributed by atoms with Gasteiger partial charge < -0.3 is 14.8 Å². The van der Waals surface area contributed by atoms with Crippen LogP contribution in [0.5, 0.6) is 11.5 Å². The number of ether oxygens (including phenoxy) is 2. The number of methoxy groups -OCH3 is 1. The van der Waals surface area contributed by atoms with Gasteiger partial charge in [0.2, 0.25) is 0 Å². The van der Waals surface area contributed by atoms with Gasteiger partial charge in [-0.05, 0) is 50.1 Å². The van der Waals surface area contributed by atoms with Gasteiger partial charge in [0.25, 0.3) is 0 Å².